The number of carbonyl (C=O) groups excluding carboxylic acids is 3. The van der Waals surface area contributed by atoms with Gasteiger partial charge in [0.05, 0.1) is 5.92 Å². The van der Waals surface area contributed by atoms with Crippen molar-refractivity contribution in [1.29, 1.82) is 0 Å². The number of hydrogen-bond acceptors (Lipinski definition) is 4. The number of carbonyl (C=O) groups is 3. The van der Waals surface area contributed by atoms with E-state index in [4.69, 9.17) is 4.74 Å². The van der Waals surface area contributed by atoms with Gasteiger partial charge in [0.2, 0.25) is 0 Å². The number of hydrogen-bond donors (Lipinski definition) is 0. The van der Waals surface area contributed by atoms with Crippen molar-refractivity contribution in [3.05, 3.63) is 11.6 Å². The van der Waals surface area contributed by atoms with Gasteiger partial charge in [-0.15, -0.1) is 0 Å². The normalized spacial score (nSPS) is 48.3. The van der Waals surface area contributed by atoms with E-state index < -0.39 is 11.3 Å². The Hall–Kier alpha value is -1.45. The smallest absolute Gasteiger partial charge is 0.302 e. The number of esters is 1. The second-order valence-electron chi connectivity index (χ2n) is 12.4. The largest absolute Gasteiger partial charge is 0.462 e. The van der Waals surface area contributed by atoms with Crippen LogP contribution in [0.5, 0.6) is 0 Å². The molecule has 4 aliphatic rings. The van der Waals surface area contributed by atoms with Gasteiger partial charge in [0, 0.05) is 12.3 Å². The molecule has 172 valence electrons. The maximum absolute atomic E-state index is 12.3. The first-order chi connectivity index (χ1) is 14.4. The Kier molecular flexibility index (Phi) is 5.34. The first-order valence-corrected chi connectivity index (χ1v) is 12.2. The molecule has 1 unspecified atom stereocenters. The average Bonchev–Trinajstić information content (AvgIpc) is 2.67. The molecule has 0 bridgehead atoms. The van der Waals surface area contributed by atoms with Gasteiger partial charge in [-0.2, -0.15) is 0 Å². The minimum absolute atomic E-state index is 0.0657. The molecule has 0 radical (unpaired) electrons. The molecule has 0 heterocycles. The zero-order valence-electron chi connectivity index (χ0n) is 20.2. The van der Waals surface area contributed by atoms with Crippen LogP contribution < -0.4 is 0 Å². The number of fused-ring (bicyclic) bond motifs is 5. The Morgan fingerprint density at radius 2 is 1.68 bits per heavy atom. The molecule has 8 atom stereocenters. The lowest BCUT2D eigenvalue weighted by Gasteiger charge is -2.70. The minimum Gasteiger partial charge on any atom is -0.462 e. The molecule has 31 heavy (non-hydrogen) atoms. The quantitative estimate of drug-likeness (QED) is 0.437. The molecule has 0 aromatic carbocycles. The van der Waals surface area contributed by atoms with Crippen LogP contribution in [0.2, 0.25) is 0 Å². The van der Waals surface area contributed by atoms with E-state index in [0.29, 0.717) is 22.8 Å². The van der Waals surface area contributed by atoms with Crippen LogP contribution in [0.4, 0.5) is 0 Å². The van der Waals surface area contributed by atoms with Crippen molar-refractivity contribution in [2.45, 2.75) is 92.6 Å². The molecule has 3 fully saturated rings. The Labute approximate surface area is 187 Å². The predicted octanol–water partition coefficient (Wildman–Crippen LogP) is 5.54. The fraction of sp³-hybridized carbons (Fsp3) is 0.815. The summed E-state index contributed by atoms with van der Waals surface area (Å²) < 4.78 is 6.02. The molecule has 3 saturated carbocycles. The van der Waals surface area contributed by atoms with E-state index in [-0.39, 0.29) is 28.8 Å². The maximum Gasteiger partial charge on any atom is 0.302 e. The van der Waals surface area contributed by atoms with Crippen LogP contribution in [0.25, 0.3) is 0 Å². The molecule has 4 heteroatoms. The molecular weight excluding hydrogens is 388 g/mol. The Morgan fingerprint density at radius 1 is 1.00 bits per heavy atom. The highest BCUT2D eigenvalue weighted by Gasteiger charge is 2.68. The van der Waals surface area contributed by atoms with Crippen molar-refractivity contribution >= 4 is 18.5 Å². The Balaban J connectivity index is 1.85. The van der Waals surface area contributed by atoms with Gasteiger partial charge in [-0.1, -0.05) is 47.1 Å². The number of aldehydes is 2. The summed E-state index contributed by atoms with van der Waals surface area (Å²) >= 11 is 0. The van der Waals surface area contributed by atoms with Crippen molar-refractivity contribution in [1.82, 2.24) is 0 Å². The second kappa shape index (κ2) is 7.28. The third kappa shape index (κ3) is 3.03. The Morgan fingerprint density at radius 3 is 2.29 bits per heavy atom. The summed E-state index contributed by atoms with van der Waals surface area (Å²) in [5, 5.41) is 0. The molecule has 4 rings (SSSR count). The maximum atomic E-state index is 12.3. The van der Waals surface area contributed by atoms with E-state index in [1.807, 2.05) is 6.08 Å². The number of allylic oxidation sites excluding steroid dienone is 2. The van der Waals surface area contributed by atoms with Gasteiger partial charge >= 0.3 is 5.97 Å². The van der Waals surface area contributed by atoms with Crippen LogP contribution in [0.15, 0.2) is 11.6 Å². The van der Waals surface area contributed by atoms with Crippen molar-refractivity contribution in [3.63, 3.8) is 0 Å². The second-order valence-corrected chi connectivity index (χ2v) is 12.4. The molecule has 0 aromatic heterocycles. The molecule has 0 saturated heterocycles. The molecule has 0 spiro atoms. The highest BCUT2D eigenvalue weighted by atomic mass is 16.5. The van der Waals surface area contributed by atoms with Gasteiger partial charge in [0.25, 0.3) is 0 Å². The minimum atomic E-state index is -0.545. The van der Waals surface area contributed by atoms with Crippen LogP contribution in [0.1, 0.15) is 86.5 Å². The van der Waals surface area contributed by atoms with E-state index in [1.165, 1.54) is 32.6 Å². The number of ether oxygens (including phenoxy) is 1. The van der Waals surface area contributed by atoms with Gasteiger partial charge in [0.1, 0.15) is 18.7 Å². The van der Waals surface area contributed by atoms with Crippen molar-refractivity contribution in [3.8, 4) is 0 Å². The molecule has 0 N–H and O–H groups in total. The fourth-order valence-corrected chi connectivity index (χ4v) is 9.45. The predicted molar refractivity (Wildman–Crippen MR) is 120 cm³/mol. The average molecular weight is 429 g/mol. The summed E-state index contributed by atoms with van der Waals surface area (Å²) in [6.07, 6.45) is 11.1. The highest BCUT2D eigenvalue weighted by Crippen LogP contribution is 2.73. The van der Waals surface area contributed by atoms with Gasteiger partial charge in [-0.05, 0) is 78.1 Å². The van der Waals surface area contributed by atoms with Crippen molar-refractivity contribution < 1.29 is 19.1 Å². The third-order valence-electron chi connectivity index (χ3n) is 10.7. The SMILES string of the molecule is CC(=O)O[C@H]1C[C@@H]2[C@@]3(C)CCCC(C)(C)[C@@H]3CC[C@@]2(C)[C@@H]2CC=C(C=O)C(C=O)[C@@]12C. The summed E-state index contributed by atoms with van der Waals surface area (Å²) in [6, 6.07) is 0. The lowest BCUT2D eigenvalue weighted by molar-refractivity contribution is -0.238. The Bertz CT molecular complexity index is 812. The van der Waals surface area contributed by atoms with Crippen LogP contribution >= 0.6 is 0 Å². The highest BCUT2D eigenvalue weighted by molar-refractivity contribution is 5.82. The first-order valence-electron chi connectivity index (χ1n) is 12.2. The fourth-order valence-electron chi connectivity index (χ4n) is 9.45. The summed E-state index contributed by atoms with van der Waals surface area (Å²) in [5.74, 6) is 0.519. The standard InChI is InChI=1S/C27H40O4/c1-17(30)31-23-14-22-25(4)12-7-11-24(2,3)20(25)10-13-26(22,5)21-9-8-18(15-28)19(16-29)27(21,23)6/h8,15-16,19-23H,7,9-14H2,1-6H3/t19?,20-,21-,22+,23-,25-,26-,27+/m0/s1. The van der Waals surface area contributed by atoms with E-state index >= 15 is 0 Å². The lowest BCUT2D eigenvalue weighted by atomic mass is 9.35. The van der Waals surface area contributed by atoms with Gasteiger partial charge in [0.15, 0.2) is 0 Å². The van der Waals surface area contributed by atoms with Gasteiger partial charge in [-0.3, -0.25) is 9.59 Å². The summed E-state index contributed by atoms with van der Waals surface area (Å²) in [5.41, 5.74) is 0.619. The third-order valence-corrected chi connectivity index (χ3v) is 10.7. The van der Waals surface area contributed by atoms with E-state index in [2.05, 4.69) is 34.6 Å². The lowest BCUT2D eigenvalue weighted by Crippen LogP contribution is -2.67. The summed E-state index contributed by atoms with van der Waals surface area (Å²) in [7, 11) is 0. The van der Waals surface area contributed by atoms with Crippen molar-refractivity contribution in [2.75, 3.05) is 0 Å². The van der Waals surface area contributed by atoms with Crippen LogP contribution in [0, 0.1) is 45.3 Å². The monoisotopic (exact) mass is 428 g/mol. The molecule has 4 aliphatic carbocycles. The summed E-state index contributed by atoms with van der Waals surface area (Å²) in [4.78, 5) is 36.3. The van der Waals surface area contributed by atoms with E-state index in [1.54, 1.807) is 0 Å². The zero-order valence-corrected chi connectivity index (χ0v) is 20.2. The topological polar surface area (TPSA) is 60.4 Å². The molecule has 0 aliphatic heterocycles. The van der Waals surface area contributed by atoms with E-state index in [0.717, 1.165) is 31.8 Å². The van der Waals surface area contributed by atoms with Crippen LogP contribution in [-0.2, 0) is 19.1 Å². The van der Waals surface area contributed by atoms with Crippen LogP contribution in [-0.4, -0.2) is 24.6 Å². The summed E-state index contributed by atoms with van der Waals surface area (Å²) in [6.45, 7) is 13.4. The van der Waals surface area contributed by atoms with Crippen LogP contribution in [0.3, 0.4) is 0 Å². The first kappa shape index (κ1) is 22.7. The zero-order chi connectivity index (χ0) is 22.8. The molecular formula is C27H40O4. The number of rotatable bonds is 3. The van der Waals surface area contributed by atoms with Crippen molar-refractivity contribution in [2.24, 2.45) is 45.3 Å². The molecule has 0 amide bonds. The molecule has 0 aromatic rings. The van der Waals surface area contributed by atoms with Gasteiger partial charge in [-0.25, -0.2) is 0 Å². The van der Waals surface area contributed by atoms with E-state index in [9.17, 15) is 14.4 Å². The molecule has 4 nitrogen and oxygen atoms in total. The van der Waals surface area contributed by atoms with Gasteiger partial charge < -0.3 is 9.53 Å².